The molecule has 2 aliphatic heterocycles. The van der Waals surface area contributed by atoms with Crippen molar-refractivity contribution in [3.63, 3.8) is 0 Å². The first-order valence-corrected chi connectivity index (χ1v) is 12.2. The SMILES string of the molecule is CCOCCCN1C(=O)C(Nc2ccc(N3CCCC3)cc2)=C(c2ccc(OCC)cc2)C1=O. The molecule has 0 atom stereocenters. The van der Waals surface area contributed by atoms with Gasteiger partial charge in [-0.1, -0.05) is 12.1 Å². The van der Waals surface area contributed by atoms with E-state index in [0.717, 1.165) is 24.5 Å². The Hall–Kier alpha value is -3.32. The lowest BCUT2D eigenvalue weighted by Crippen LogP contribution is -2.34. The van der Waals surface area contributed by atoms with Crippen molar-refractivity contribution in [2.45, 2.75) is 33.1 Å². The highest BCUT2D eigenvalue weighted by molar-refractivity contribution is 6.36. The fourth-order valence-electron chi connectivity index (χ4n) is 4.39. The minimum absolute atomic E-state index is 0.290. The van der Waals surface area contributed by atoms with Gasteiger partial charge in [-0.05, 0) is 75.1 Å². The smallest absolute Gasteiger partial charge is 0.278 e. The van der Waals surface area contributed by atoms with Crippen LogP contribution in [0.4, 0.5) is 11.4 Å². The number of imide groups is 1. The van der Waals surface area contributed by atoms with Gasteiger partial charge in [-0.3, -0.25) is 14.5 Å². The highest BCUT2D eigenvalue weighted by Gasteiger charge is 2.38. The Bertz CT molecular complexity index is 1020. The molecule has 0 bridgehead atoms. The maximum atomic E-state index is 13.3. The van der Waals surface area contributed by atoms with Gasteiger partial charge >= 0.3 is 0 Å². The molecule has 0 saturated carbocycles. The minimum Gasteiger partial charge on any atom is -0.494 e. The van der Waals surface area contributed by atoms with Crippen molar-refractivity contribution < 1.29 is 19.1 Å². The summed E-state index contributed by atoms with van der Waals surface area (Å²) in [5.74, 6) is 0.125. The number of amides is 2. The van der Waals surface area contributed by atoms with E-state index in [0.29, 0.717) is 49.6 Å². The van der Waals surface area contributed by atoms with Crippen LogP contribution in [0.1, 0.15) is 38.7 Å². The zero-order valence-corrected chi connectivity index (χ0v) is 20.0. The summed E-state index contributed by atoms with van der Waals surface area (Å²) in [7, 11) is 0. The fourth-order valence-corrected chi connectivity index (χ4v) is 4.39. The van der Waals surface area contributed by atoms with Crippen LogP contribution in [-0.2, 0) is 14.3 Å². The molecular weight excluding hydrogens is 430 g/mol. The lowest BCUT2D eigenvalue weighted by Gasteiger charge is -2.18. The molecule has 4 rings (SSSR count). The third-order valence-electron chi connectivity index (χ3n) is 6.10. The topological polar surface area (TPSA) is 71.1 Å². The Morgan fingerprint density at radius 3 is 2.24 bits per heavy atom. The van der Waals surface area contributed by atoms with E-state index in [1.54, 1.807) is 0 Å². The van der Waals surface area contributed by atoms with E-state index in [1.165, 1.54) is 23.4 Å². The molecule has 1 saturated heterocycles. The molecule has 2 aliphatic rings. The number of hydrogen-bond acceptors (Lipinski definition) is 6. The summed E-state index contributed by atoms with van der Waals surface area (Å²) in [6, 6.07) is 15.4. The van der Waals surface area contributed by atoms with Crippen molar-refractivity contribution in [2.75, 3.05) is 49.7 Å². The zero-order valence-electron chi connectivity index (χ0n) is 20.0. The summed E-state index contributed by atoms with van der Waals surface area (Å²) < 4.78 is 10.9. The molecule has 7 heteroatoms. The van der Waals surface area contributed by atoms with Gasteiger partial charge in [0.05, 0.1) is 12.2 Å². The van der Waals surface area contributed by atoms with Gasteiger partial charge in [0.15, 0.2) is 0 Å². The predicted octanol–water partition coefficient (Wildman–Crippen LogP) is 4.30. The van der Waals surface area contributed by atoms with Crippen molar-refractivity contribution in [2.24, 2.45) is 0 Å². The molecule has 0 unspecified atom stereocenters. The van der Waals surface area contributed by atoms with Crippen LogP contribution in [0.15, 0.2) is 54.2 Å². The summed E-state index contributed by atoms with van der Waals surface area (Å²) >= 11 is 0. The molecule has 2 heterocycles. The van der Waals surface area contributed by atoms with Gasteiger partial charge in [0.1, 0.15) is 11.4 Å². The first-order valence-electron chi connectivity index (χ1n) is 12.2. The van der Waals surface area contributed by atoms with Crippen molar-refractivity contribution in [3.05, 3.63) is 59.8 Å². The van der Waals surface area contributed by atoms with Crippen molar-refractivity contribution >= 4 is 28.8 Å². The number of rotatable bonds is 11. The third-order valence-corrected chi connectivity index (χ3v) is 6.10. The Kier molecular flexibility index (Phi) is 7.85. The number of ether oxygens (including phenoxy) is 2. The van der Waals surface area contributed by atoms with Crippen LogP contribution in [-0.4, -0.2) is 56.2 Å². The Morgan fingerprint density at radius 2 is 1.59 bits per heavy atom. The lowest BCUT2D eigenvalue weighted by molar-refractivity contribution is -0.137. The largest absolute Gasteiger partial charge is 0.494 e. The Labute approximate surface area is 201 Å². The van der Waals surface area contributed by atoms with Crippen LogP contribution in [0.25, 0.3) is 5.57 Å². The van der Waals surface area contributed by atoms with E-state index in [-0.39, 0.29) is 11.8 Å². The first-order chi connectivity index (χ1) is 16.6. The molecular formula is C27H33N3O4. The monoisotopic (exact) mass is 463 g/mol. The van der Waals surface area contributed by atoms with Gasteiger partial charge in [-0.15, -0.1) is 0 Å². The second-order valence-corrected chi connectivity index (χ2v) is 8.39. The maximum absolute atomic E-state index is 13.3. The van der Waals surface area contributed by atoms with Gasteiger partial charge in [0, 0.05) is 44.2 Å². The minimum atomic E-state index is -0.311. The average molecular weight is 464 g/mol. The standard InChI is InChI=1S/C27H33N3O4/c1-3-33-19-7-18-30-26(31)24(20-8-14-23(15-9-20)34-4-2)25(27(30)32)28-21-10-12-22(13-11-21)29-16-5-6-17-29/h8-15,28H,3-7,16-19H2,1-2H3. The molecule has 180 valence electrons. The van der Waals surface area contributed by atoms with Crippen LogP contribution in [0.5, 0.6) is 5.75 Å². The lowest BCUT2D eigenvalue weighted by atomic mass is 10.0. The third kappa shape index (κ3) is 5.25. The molecule has 2 amide bonds. The van der Waals surface area contributed by atoms with E-state index in [4.69, 9.17) is 9.47 Å². The van der Waals surface area contributed by atoms with Crippen LogP contribution in [0.2, 0.25) is 0 Å². The van der Waals surface area contributed by atoms with Crippen molar-refractivity contribution in [1.29, 1.82) is 0 Å². The maximum Gasteiger partial charge on any atom is 0.278 e. The van der Waals surface area contributed by atoms with Crippen molar-refractivity contribution in [3.8, 4) is 5.75 Å². The molecule has 2 aromatic rings. The van der Waals surface area contributed by atoms with Gasteiger partial charge < -0.3 is 19.7 Å². The van der Waals surface area contributed by atoms with E-state index < -0.39 is 0 Å². The van der Waals surface area contributed by atoms with Crippen molar-refractivity contribution in [1.82, 2.24) is 4.90 Å². The number of carbonyl (C=O) groups is 2. The van der Waals surface area contributed by atoms with Gasteiger partial charge in [0.25, 0.3) is 11.8 Å². The molecule has 1 N–H and O–H groups in total. The second-order valence-electron chi connectivity index (χ2n) is 8.39. The van der Waals surface area contributed by atoms with Crippen LogP contribution in [0.3, 0.4) is 0 Å². The molecule has 1 fully saturated rings. The number of nitrogens with one attached hydrogen (secondary N) is 1. The van der Waals surface area contributed by atoms with E-state index in [1.807, 2.05) is 50.2 Å². The van der Waals surface area contributed by atoms with Crippen LogP contribution >= 0.6 is 0 Å². The molecule has 0 spiro atoms. The number of anilines is 2. The van der Waals surface area contributed by atoms with Gasteiger partial charge in [-0.2, -0.15) is 0 Å². The summed E-state index contributed by atoms with van der Waals surface area (Å²) in [5.41, 5.74) is 3.33. The molecule has 7 nitrogen and oxygen atoms in total. The number of benzene rings is 2. The van der Waals surface area contributed by atoms with Gasteiger partial charge in [0.2, 0.25) is 0 Å². The quantitative estimate of drug-likeness (QED) is 0.396. The summed E-state index contributed by atoms with van der Waals surface area (Å²) in [6.07, 6.45) is 3.03. The highest BCUT2D eigenvalue weighted by atomic mass is 16.5. The first kappa shape index (κ1) is 23.8. The Balaban J connectivity index is 1.59. The van der Waals surface area contributed by atoms with Crippen LogP contribution < -0.4 is 15.0 Å². The molecule has 34 heavy (non-hydrogen) atoms. The predicted molar refractivity (Wildman–Crippen MR) is 134 cm³/mol. The van der Waals surface area contributed by atoms with Gasteiger partial charge in [-0.25, -0.2) is 0 Å². The molecule has 2 aromatic carbocycles. The number of nitrogens with zero attached hydrogens (tertiary/aromatic N) is 2. The molecule has 0 radical (unpaired) electrons. The van der Waals surface area contributed by atoms with E-state index in [9.17, 15) is 9.59 Å². The van der Waals surface area contributed by atoms with E-state index in [2.05, 4.69) is 22.3 Å². The number of carbonyl (C=O) groups excluding carboxylic acids is 2. The summed E-state index contributed by atoms with van der Waals surface area (Å²) in [4.78, 5) is 30.3. The number of hydrogen-bond donors (Lipinski definition) is 1. The van der Waals surface area contributed by atoms with E-state index >= 15 is 0 Å². The Morgan fingerprint density at radius 1 is 0.882 bits per heavy atom. The van der Waals surface area contributed by atoms with Crippen LogP contribution in [0, 0.1) is 0 Å². The zero-order chi connectivity index (χ0) is 23.9. The molecule has 0 aliphatic carbocycles. The molecule has 0 aromatic heterocycles. The fraction of sp³-hybridized carbons (Fsp3) is 0.407. The normalized spacial score (nSPS) is 16.1. The second kappa shape index (κ2) is 11.2. The average Bonchev–Trinajstić information content (AvgIpc) is 3.47. The summed E-state index contributed by atoms with van der Waals surface area (Å²) in [6.45, 7) is 7.99. The summed E-state index contributed by atoms with van der Waals surface area (Å²) in [5, 5.41) is 3.25. The highest BCUT2D eigenvalue weighted by Crippen LogP contribution is 2.32.